The summed E-state index contributed by atoms with van der Waals surface area (Å²) in [5, 5.41) is 12.1. The molecule has 0 fully saturated rings. The first kappa shape index (κ1) is 16.5. The normalized spacial score (nSPS) is 12.8. The van der Waals surface area contributed by atoms with Gasteiger partial charge in [0.2, 0.25) is 5.91 Å². The van der Waals surface area contributed by atoms with E-state index < -0.39 is 5.41 Å². The van der Waals surface area contributed by atoms with Crippen LogP contribution in [0.5, 0.6) is 5.75 Å². The minimum absolute atomic E-state index is 0.0347. The largest absolute Gasteiger partial charge is 0.496 e. The van der Waals surface area contributed by atoms with E-state index in [4.69, 9.17) is 4.74 Å². The third kappa shape index (κ3) is 4.23. The number of methoxy groups -OCH3 is 1. The molecule has 1 aromatic rings. The van der Waals surface area contributed by atoms with Gasteiger partial charge in [0.15, 0.2) is 0 Å². The molecule has 0 saturated heterocycles. The summed E-state index contributed by atoms with van der Waals surface area (Å²) in [7, 11) is 1.63. The van der Waals surface area contributed by atoms with E-state index in [0.29, 0.717) is 12.8 Å². The van der Waals surface area contributed by atoms with E-state index in [1.54, 1.807) is 7.11 Å². The summed E-state index contributed by atoms with van der Waals surface area (Å²) in [6, 6.07) is 7.53. The number of carbonyl (C=O) groups is 1. The molecule has 112 valence electrons. The molecule has 0 aliphatic rings. The number of carbonyl (C=O) groups excluding carboxylic acids is 1. The lowest BCUT2D eigenvalue weighted by molar-refractivity contribution is -0.130. The van der Waals surface area contributed by atoms with Crippen LogP contribution < -0.4 is 10.1 Å². The Morgan fingerprint density at radius 1 is 1.40 bits per heavy atom. The van der Waals surface area contributed by atoms with Gasteiger partial charge in [-0.3, -0.25) is 4.79 Å². The highest BCUT2D eigenvalue weighted by Crippen LogP contribution is 2.28. The van der Waals surface area contributed by atoms with E-state index in [2.05, 4.69) is 5.32 Å². The monoisotopic (exact) mass is 279 g/mol. The number of nitrogens with one attached hydrogen (secondary N) is 1. The highest BCUT2D eigenvalue weighted by molar-refractivity contribution is 5.82. The van der Waals surface area contributed by atoms with Crippen LogP contribution in [0.2, 0.25) is 0 Å². The summed E-state index contributed by atoms with van der Waals surface area (Å²) < 4.78 is 5.32. The minimum Gasteiger partial charge on any atom is -0.496 e. The molecule has 0 spiro atoms. The van der Waals surface area contributed by atoms with Gasteiger partial charge in [0, 0.05) is 5.41 Å². The molecule has 2 N–H and O–H groups in total. The predicted octanol–water partition coefficient (Wildman–Crippen LogP) is 2.15. The highest BCUT2D eigenvalue weighted by Gasteiger charge is 2.30. The van der Waals surface area contributed by atoms with Crippen molar-refractivity contribution in [1.29, 1.82) is 0 Å². The first-order chi connectivity index (χ1) is 9.44. The molecular weight excluding hydrogens is 254 g/mol. The van der Waals surface area contributed by atoms with Gasteiger partial charge in [0.1, 0.15) is 5.75 Å². The molecular formula is C16H25NO3. The van der Waals surface area contributed by atoms with Gasteiger partial charge in [-0.1, -0.05) is 39.0 Å². The SMILES string of the molecule is CCC(CO)NC(=O)C(C)(C)Cc1ccccc1OC. The van der Waals surface area contributed by atoms with Crippen LogP contribution in [0, 0.1) is 5.41 Å². The van der Waals surface area contributed by atoms with E-state index in [9.17, 15) is 9.90 Å². The molecule has 0 radical (unpaired) electrons. The summed E-state index contributed by atoms with van der Waals surface area (Å²) in [4.78, 5) is 12.3. The summed E-state index contributed by atoms with van der Waals surface area (Å²) >= 11 is 0. The molecule has 20 heavy (non-hydrogen) atoms. The third-order valence-corrected chi connectivity index (χ3v) is 3.49. The van der Waals surface area contributed by atoms with Gasteiger partial charge in [-0.05, 0) is 24.5 Å². The lowest BCUT2D eigenvalue weighted by Gasteiger charge is -2.27. The molecule has 1 unspecified atom stereocenters. The van der Waals surface area contributed by atoms with Crippen LogP contribution in [-0.2, 0) is 11.2 Å². The smallest absolute Gasteiger partial charge is 0.226 e. The fraction of sp³-hybridized carbons (Fsp3) is 0.562. The molecule has 1 atom stereocenters. The Hall–Kier alpha value is -1.55. The number of hydrogen-bond acceptors (Lipinski definition) is 3. The molecule has 0 aliphatic carbocycles. The molecule has 1 rings (SSSR count). The Morgan fingerprint density at radius 3 is 2.60 bits per heavy atom. The topological polar surface area (TPSA) is 58.6 Å². The van der Waals surface area contributed by atoms with Crippen molar-refractivity contribution in [2.75, 3.05) is 13.7 Å². The number of hydrogen-bond donors (Lipinski definition) is 2. The van der Waals surface area contributed by atoms with Crippen molar-refractivity contribution >= 4 is 5.91 Å². The van der Waals surface area contributed by atoms with Crippen molar-refractivity contribution in [2.45, 2.75) is 39.7 Å². The van der Waals surface area contributed by atoms with Crippen LogP contribution in [0.3, 0.4) is 0 Å². The van der Waals surface area contributed by atoms with Crippen LogP contribution in [-0.4, -0.2) is 30.8 Å². The van der Waals surface area contributed by atoms with Gasteiger partial charge in [-0.25, -0.2) is 0 Å². The van der Waals surface area contributed by atoms with Crippen LogP contribution in [0.1, 0.15) is 32.8 Å². The molecule has 4 heteroatoms. The number of aliphatic hydroxyl groups excluding tert-OH is 1. The summed E-state index contributed by atoms with van der Waals surface area (Å²) in [5.41, 5.74) is 0.448. The maximum Gasteiger partial charge on any atom is 0.226 e. The average molecular weight is 279 g/mol. The maximum absolute atomic E-state index is 12.3. The Kier molecular flexibility index (Phi) is 6.02. The molecule has 0 heterocycles. The van der Waals surface area contributed by atoms with Crippen molar-refractivity contribution in [3.05, 3.63) is 29.8 Å². The molecule has 0 saturated carbocycles. The van der Waals surface area contributed by atoms with E-state index in [1.807, 2.05) is 45.0 Å². The maximum atomic E-state index is 12.3. The van der Waals surface area contributed by atoms with Gasteiger partial charge >= 0.3 is 0 Å². The Labute approximate surface area is 121 Å². The zero-order chi connectivity index (χ0) is 15.2. The summed E-state index contributed by atoms with van der Waals surface area (Å²) in [6.45, 7) is 5.71. The van der Waals surface area contributed by atoms with Gasteiger partial charge in [-0.2, -0.15) is 0 Å². The number of ether oxygens (including phenoxy) is 1. The average Bonchev–Trinajstić information content (AvgIpc) is 2.44. The predicted molar refractivity (Wildman–Crippen MR) is 79.8 cm³/mol. The number of aliphatic hydroxyl groups is 1. The minimum atomic E-state index is -0.558. The second kappa shape index (κ2) is 7.29. The molecule has 4 nitrogen and oxygen atoms in total. The fourth-order valence-corrected chi connectivity index (χ4v) is 2.06. The van der Waals surface area contributed by atoms with E-state index in [1.165, 1.54) is 0 Å². The van der Waals surface area contributed by atoms with Gasteiger partial charge in [0.25, 0.3) is 0 Å². The van der Waals surface area contributed by atoms with Gasteiger partial charge < -0.3 is 15.2 Å². The first-order valence-corrected chi connectivity index (χ1v) is 6.98. The zero-order valence-electron chi connectivity index (χ0n) is 12.8. The van der Waals surface area contributed by atoms with Gasteiger partial charge in [-0.15, -0.1) is 0 Å². The third-order valence-electron chi connectivity index (χ3n) is 3.49. The standard InChI is InChI=1S/C16H25NO3/c1-5-13(11-18)17-15(19)16(2,3)10-12-8-6-7-9-14(12)20-4/h6-9,13,18H,5,10-11H2,1-4H3,(H,17,19). The summed E-state index contributed by atoms with van der Waals surface area (Å²) in [5.74, 6) is 0.742. The highest BCUT2D eigenvalue weighted by atomic mass is 16.5. The lowest BCUT2D eigenvalue weighted by atomic mass is 9.84. The van der Waals surface area contributed by atoms with Crippen molar-refractivity contribution in [2.24, 2.45) is 5.41 Å². The number of rotatable bonds is 7. The van der Waals surface area contributed by atoms with Crippen molar-refractivity contribution in [1.82, 2.24) is 5.32 Å². The zero-order valence-corrected chi connectivity index (χ0v) is 12.8. The quantitative estimate of drug-likeness (QED) is 0.804. The first-order valence-electron chi connectivity index (χ1n) is 6.98. The Balaban J connectivity index is 2.80. The fourth-order valence-electron chi connectivity index (χ4n) is 2.06. The number of benzene rings is 1. The second-order valence-corrected chi connectivity index (χ2v) is 5.63. The lowest BCUT2D eigenvalue weighted by Crippen LogP contribution is -2.45. The van der Waals surface area contributed by atoms with Gasteiger partial charge in [0.05, 0.1) is 19.8 Å². The Morgan fingerprint density at radius 2 is 2.05 bits per heavy atom. The van der Waals surface area contributed by atoms with E-state index >= 15 is 0 Å². The van der Waals surface area contributed by atoms with Crippen molar-refractivity contribution < 1.29 is 14.6 Å². The summed E-state index contributed by atoms with van der Waals surface area (Å²) in [6.07, 6.45) is 1.30. The van der Waals surface area contributed by atoms with Crippen LogP contribution in [0.15, 0.2) is 24.3 Å². The molecule has 1 amide bonds. The van der Waals surface area contributed by atoms with Crippen molar-refractivity contribution in [3.63, 3.8) is 0 Å². The Bertz CT molecular complexity index is 439. The molecule has 1 aromatic carbocycles. The molecule has 0 aromatic heterocycles. The number of amides is 1. The van der Waals surface area contributed by atoms with E-state index in [0.717, 1.165) is 11.3 Å². The molecule has 0 aliphatic heterocycles. The van der Waals surface area contributed by atoms with Crippen LogP contribution in [0.4, 0.5) is 0 Å². The number of para-hydroxylation sites is 1. The van der Waals surface area contributed by atoms with Crippen molar-refractivity contribution in [3.8, 4) is 5.75 Å². The van der Waals surface area contributed by atoms with E-state index in [-0.39, 0.29) is 18.6 Å². The van der Waals surface area contributed by atoms with Crippen LogP contribution >= 0.6 is 0 Å². The second-order valence-electron chi connectivity index (χ2n) is 5.63. The van der Waals surface area contributed by atoms with Crippen LogP contribution in [0.25, 0.3) is 0 Å². The molecule has 0 bridgehead atoms.